The molecular weight excluding hydrogens is 420 g/mol. The number of esters is 4. The number of hydrogen-bond acceptors (Lipinski definition) is 10. The maximum atomic E-state index is 12.6. The summed E-state index contributed by atoms with van der Waals surface area (Å²) < 4.78 is 20.5. The van der Waals surface area contributed by atoms with Crippen LogP contribution < -0.4 is 9.47 Å². The van der Waals surface area contributed by atoms with Crippen LogP contribution in [0.3, 0.4) is 0 Å². The molecule has 0 saturated carbocycles. The molecule has 1 aromatic carbocycles. The average molecular weight is 444 g/mol. The Morgan fingerprint density at radius 3 is 2.16 bits per heavy atom. The van der Waals surface area contributed by atoms with Gasteiger partial charge in [0.1, 0.15) is 6.61 Å². The molecule has 0 spiro atoms. The van der Waals surface area contributed by atoms with E-state index in [9.17, 15) is 19.2 Å². The van der Waals surface area contributed by atoms with Crippen LogP contribution in [0.2, 0.25) is 0 Å². The molecule has 170 valence electrons. The molecule has 0 saturated heterocycles. The molecule has 2 aromatic rings. The lowest BCUT2D eigenvalue weighted by Gasteiger charge is -2.17. The number of carbonyl (C=O) groups excluding carboxylic acids is 4. The van der Waals surface area contributed by atoms with Crippen molar-refractivity contribution in [1.29, 1.82) is 0 Å². The number of hydrogen-bond donors (Lipinski definition) is 0. The number of carbonyl (C=O) groups is 4. The van der Waals surface area contributed by atoms with Gasteiger partial charge < -0.3 is 18.9 Å². The topological polar surface area (TPSA) is 131 Å². The van der Waals surface area contributed by atoms with Crippen molar-refractivity contribution in [2.45, 2.75) is 53.8 Å². The minimum Gasteiger partial charge on any atom is -0.456 e. The number of benzene rings is 1. The predicted molar refractivity (Wildman–Crippen MR) is 110 cm³/mol. The number of ether oxygens (including phenoxy) is 4. The highest BCUT2D eigenvalue weighted by Gasteiger charge is 2.25. The molecule has 0 aliphatic heterocycles. The van der Waals surface area contributed by atoms with Crippen molar-refractivity contribution in [2.75, 3.05) is 0 Å². The van der Waals surface area contributed by atoms with Gasteiger partial charge in [-0.1, -0.05) is 6.07 Å². The molecule has 0 radical (unpaired) electrons. The average Bonchev–Trinajstić information content (AvgIpc) is 2.69. The highest BCUT2D eigenvalue weighted by molar-refractivity contribution is 5.79. The minimum absolute atomic E-state index is 0.00875. The molecule has 10 nitrogen and oxygen atoms in total. The van der Waals surface area contributed by atoms with Gasteiger partial charge in [-0.15, -0.1) is 0 Å². The van der Waals surface area contributed by atoms with E-state index >= 15 is 0 Å². The Kier molecular flexibility index (Phi) is 8.39. The zero-order valence-corrected chi connectivity index (χ0v) is 18.5. The molecular formula is C22H24N2O8. The zero-order chi connectivity index (χ0) is 23.8. The maximum Gasteiger partial charge on any atom is 0.348 e. The number of rotatable bonds is 8. The second kappa shape index (κ2) is 11.0. The monoisotopic (exact) mass is 444 g/mol. The van der Waals surface area contributed by atoms with E-state index in [2.05, 4.69) is 9.97 Å². The Morgan fingerprint density at radius 1 is 0.906 bits per heavy atom. The molecule has 1 aromatic heterocycles. The summed E-state index contributed by atoms with van der Waals surface area (Å²) in [6.45, 7) is 7.02. The van der Waals surface area contributed by atoms with Crippen LogP contribution >= 0.6 is 0 Å². The quantitative estimate of drug-likeness (QED) is 0.441. The lowest BCUT2D eigenvalue weighted by molar-refractivity contribution is -0.167. The molecule has 1 atom stereocenters. The molecule has 0 amide bonds. The van der Waals surface area contributed by atoms with Gasteiger partial charge in [0, 0.05) is 27.2 Å². The highest BCUT2D eigenvalue weighted by atomic mass is 16.6. The Labute approximate surface area is 184 Å². The maximum absolute atomic E-state index is 12.6. The van der Waals surface area contributed by atoms with E-state index in [4.69, 9.17) is 18.9 Å². The second-order valence-electron chi connectivity index (χ2n) is 6.91. The normalized spacial score (nSPS) is 11.3. The summed E-state index contributed by atoms with van der Waals surface area (Å²) >= 11 is 0. The smallest absolute Gasteiger partial charge is 0.348 e. The molecule has 2 rings (SSSR count). The van der Waals surface area contributed by atoms with E-state index < -0.39 is 30.0 Å². The molecule has 32 heavy (non-hydrogen) atoms. The number of nitrogens with zero attached hydrogens (tertiary/aromatic N) is 2. The van der Waals surface area contributed by atoms with Crippen molar-refractivity contribution >= 4 is 23.9 Å². The highest BCUT2D eigenvalue weighted by Crippen LogP contribution is 2.29. The summed E-state index contributed by atoms with van der Waals surface area (Å²) in [6, 6.07) is 4.37. The van der Waals surface area contributed by atoms with Gasteiger partial charge in [0.05, 0.1) is 23.3 Å². The first kappa shape index (κ1) is 24.4. The summed E-state index contributed by atoms with van der Waals surface area (Å²) in [4.78, 5) is 55.2. The molecule has 0 bridgehead atoms. The SMILES string of the molecule is CC(=O)Oc1ccc(C[C@@H](OC(C)=O)C(=O)OCc2cnc(C)c(C)n2)cc1OC(C)=O. The molecule has 1 heterocycles. The largest absolute Gasteiger partial charge is 0.456 e. The minimum atomic E-state index is -1.25. The van der Waals surface area contributed by atoms with Crippen molar-refractivity contribution in [3.63, 3.8) is 0 Å². The molecule has 0 unspecified atom stereocenters. The van der Waals surface area contributed by atoms with Crippen molar-refractivity contribution in [3.05, 3.63) is 47.0 Å². The third-order valence-electron chi connectivity index (χ3n) is 4.11. The summed E-state index contributed by atoms with van der Waals surface area (Å²) in [5.41, 5.74) is 2.40. The van der Waals surface area contributed by atoms with Gasteiger partial charge in [0.15, 0.2) is 11.5 Å². The first-order valence-electron chi connectivity index (χ1n) is 9.68. The first-order chi connectivity index (χ1) is 15.0. The van der Waals surface area contributed by atoms with E-state index in [0.29, 0.717) is 17.0 Å². The lowest BCUT2D eigenvalue weighted by Crippen LogP contribution is -2.30. The van der Waals surface area contributed by atoms with Crippen LogP contribution in [0.1, 0.15) is 43.4 Å². The van der Waals surface area contributed by atoms with Gasteiger partial charge in [-0.05, 0) is 31.5 Å². The van der Waals surface area contributed by atoms with Crippen LogP contribution in [0.15, 0.2) is 24.4 Å². The molecule has 0 N–H and O–H groups in total. The molecule has 0 fully saturated rings. The Hall–Kier alpha value is -3.82. The van der Waals surface area contributed by atoms with Crippen molar-refractivity contribution in [1.82, 2.24) is 9.97 Å². The third-order valence-corrected chi connectivity index (χ3v) is 4.11. The summed E-state index contributed by atoms with van der Waals surface area (Å²) in [6.07, 6.45) is 0.179. The third kappa shape index (κ3) is 7.46. The zero-order valence-electron chi connectivity index (χ0n) is 18.5. The van der Waals surface area contributed by atoms with Gasteiger partial charge >= 0.3 is 23.9 Å². The van der Waals surface area contributed by atoms with Crippen molar-refractivity contribution in [2.24, 2.45) is 0 Å². The Balaban J connectivity index is 2.18. The molecule has 0 aliphatic rings. The van der Waals surface area contributed by atoms with E-state index in [0.717, 1.165) is 5.69 Å². The fourth-order valence-corrected chi connectivity index (χ4v) is 2.64. The van der Waals surface area contributed by atoms with Crippen LogP contribution in [0.5, 0.6) is 11.5 Å². The van der Waals surface area contributed by atoms with Gasteiger partial charge in [0.2, 0.25) is 6.10 Å². The second-order valence-corrected chi connectivity index (χ2v) is 6.91. The fraction of sp³-hybridized carbons (Fsp3) is 0.364. The van der Waals surface area contributed by atoms with Gasteiger partial charge in [0.25, 0.3) is 0 Å². The van der Waals surface area contributed by atoms with E-state index in [-0.39, 0.29) is 24.5 Å². The van der Waals surface area contributed by atoms with Gasteiger partial charge in [-0.25, -0.2) is 4.79 Å². The van der Waals surface area contributed by atoms with Gasteiger partial charge in [-0.3, -0.25) is 24.4 Å². The number of aromatic nitrogens is 2. The van der Waals surface area contributed by atoms with Crippen LogP contribution in [0.25, 0.3) is 0 Å². The van der Waals surface area contributed by atoms with E-state index in [1.165, 1.54) is 39.1 Å². The number of aryl methyl sites for hydroxylation is 2. The molecule has 0 aliphatic carbocycles. The first-order valence-corrected chi connectivity index (χ1v) is 9.68. The molecule has 10 heteroatoms. The van der Waals surface area contributed by atoms with Gasteiger partial charge in [-0.2, -0.15) is 0 Å². The Morgan fingerprint density at radius 2 is 1.56 bits per heavy atom. The summed E-state index contributed by atoms with van der Waals surface area (Å²) in [7, 11) is 0. The van der Waals surface area contributed by atoms with Crippen molar-refractivity contribution in [3.8, 4) is 11.5 Å². The van der Waals surface area contributed by atoms with Crippen LogP contribution in [0, 0.1) is 13.8 Å². The summed E-state index contributed by atoms with van der Waals surface area (Å²) in [5, 5.41) is 0. The lowest BCUT2D eigenvalue weighted by atomic mass is 10.1. The van der Waals surface area contributed by atoms with Crippen molar-refractivity contribution < 1.29 is 38.1 Å². The van der Waals surface area contributed by atoms with E-state index in [1.54, 1.807) is 13.0 Å². The van der Waals surface area contributed by atoms with Crippen LogP contribution in [0.4, 0.5) is 0 Å². The Bertz CT molecular complexity index is 1030. The predicted octanol–water partition coefficient (Wildman–Crippen LogP) is 2.16. The van der Waals surface area contributed by atoms with Crippen LogP contribution in [-0.2, 0) is 41.7 Å². The standard InChI is InChI=1S/C22H24N2O8/c1-12-13(2)24-18(10-23-12)11-29-22(28)21(32-16(5)27)9-17-6-7-19(30-14(3)25)20(8-17)31-15(4)26/h6-8,10,21H,9,11H2,1-5H3/t21-/m1/s1. The summed E-state index contributed by atoms with van der Waals surface area (Å²) in [5.74, 6) is -2.64. The fourth-order valence-electron chi connectivity index (χ4n) is 2.64. The van der Waals surface area contributed by atoms with E-state index in [1.807, 2.05) is 6.92 Å². The van der Waals surface area contributed by atoms with Crippen LogP contribution in [-0.4, -0.2) is 39.9 Å².